The molecule has 4 rings (SSSR count). The third-order valence-corrected chi connectivity index (χ3v) is 5.04. The molecule has 5 nitrogen and oxygen atoms in total. The molecule has 0 spiro atoms. The molecule has 1 amide bonds. The van der Waals surface area contributed by atoms with Gasteiger partial charge in [-0.3, -0.25) is 4.79 Å². The van der Waals surface area contributed by atoms with E-state index >= 15 is 0 Å². The smallest absolute Gasteiger partial charge is 0.339 e. The number of piperidine rings is 1. The molecule has 0 aliphatic carbocycles. The Kier molecular flexibility index (Phi) is 4.61. The summed E-state index contributed by atoms with van der Waals surface area (Å²) in [6.45, 7) is 2.00. The third kappa shape index (κ3) is 3.29. The van der Waals surface area contributed by atoms with Crippen LogP contribution in [0.25, 0.3) is 0 Å². The van der Waals surface area contributed by atoms with E-state index in [0.29, 0.717) is 12.0 Å². The lowest BCUT2D eigenvalue weighted by Crippen LogP contribution is -2.38. The fourth-order valence-electron chi connectivity index (χ4n) is 3.68. The van der Waals surface area contributed by atoms with Gasteiger partial charge in [0.2, 0.25) is 0 Å². The van der Waals surface area contributed by atoms with Crippen LogP contribution >= 0.6 is 0 Å². The van der Waals surface area contributed by atoms with Gasteiger partial charge in [-0.05, 0) is 43.0 Å². The number of fused-ring (bicyclic) bond motifs is 1. The first kappa shape index (κ1) is 16.6. The number of esters is 1. The number of cyclic esters (lactones) is 1. The Morgan fingerprint density at radius 1 is 1.00 bits per heavy atom. The number of anilines is 2. The largest absolute Gasteiger partial charge is 0.448 e. The summed E-state index contributed by atoms with van der Waals surface area (Å²) in [5.41, 5.74) is 3.20. The summed E-state index contributed by atoms with van der Waals surface area (Å²) in [5, 5.41) is 2.97. The van der Waals surface area contributed by atoms with Crippen molar-refractivity contribution >= 4 is 23.3 Å². The molecule has 2 aromatic rings. The summed E-state index contributed by atoms with van der Waals surface area (Å²) >= 11 is 0. The number of hydrogen-bond acceptors (Lipinski definition) is 4. The van der Waals surface area contributed by atoms with Crippen molar-refractivity contribution in [2.24, 2.45) is 0 Å². The number of amides is 1. The minimum Gasteiger partial charge on any atom is -0.448 e. The van der Waals surface area contributed by atoms with Gasteiger partial charge in [-0.15, -0.1) is 0 Å². The SMILES string of the molecule is O=C1O[C@@H](C(=O)Nc2ccccc2N2CCCCC2)Cc2ccccc21. The van der Waals surface area contributed by atoms with Gasteiger partial charge >= 0.3 is 5.97 Å². The molecule has 1 atom stereocenters. The van der Waals surface area contributed by atoms with Gasteiger partial charge in [-0.2, -0.15) is 0 Å². The zero-order chi connectivity index (χ0) is 17.9. The molecule has 0 unspecified atom stereocenters. The fourth-order valence-corrected chi connectivity index (χ4v) is 3.68. The molecular weight excluding hydrogens is 328 g/mol. The number of rotatable bonds is 3. The number of carbonyl (C=O) groups excluding carboxylic acids is 2. The van der Waals surface area contributed by atoms with Crippen LogP contribution in [-0.4, -0.2) is 31.1 Å². The number of benzene rings is 2. The maximum Gasteiger partial charge on any atom is 0.339 e. The van der Waals surface area contributed by atoms with Crippen LogP contribution in [0.15, 0.2) is 48.5 Å². The average molecular weight is 350 g/mol. The van der Waals surface area contributed by atoms with Crippen LogP contribution in [0, 0.1) is 0 Å². The van der Waals surface area contributed by atoms with E-state index in [4.69, 9.17) is 4.74 Å². The fraction of sp³-hybridized carbons (Fsp3) is 0.333. The number of carbonyl (C=O) groups is 2. The van der Waals surface area contributed by atoms with E-state index in [2.05, 4.69) is 10.2 Å². The van der Waals surface area contributed by atoms with Gasteiger partial charge in [0.15, 0.2) is 6.10 Å². The second kappa shape index (κ2) is 7.20. The highest BCUT2D eigenvalue weighted by Crippen LogP contribution is 2.29. The van der Waals surface area contributed by atoms with Crippen molar-refractivity contribution in [3.8, 4) is 0 Å². The predicted molar refractivity (Wildman–Crippen MR) is 100 cm³/mol. The van der Waals surface area contributed by atoms with Crippen molar-refractivity contribution in [2.45, 2.75) is 31.8 Å². The summed E-state index contributed by atoms with van der Waals surface area (Å²) in [5.74, 6) is -0.714. The standard InChI is InChI=1S/C21H22N2O3/c24-20(19-14-15-8-2-3-9-16(15)21(25)26-19)22-17-10-4-5-11-18(17)23-12-6-1-7-13-23/h2-5,8-11,19H,1,6-7,12-14H2,(H,22,24)/t19-/m1/s1. The van der Waals surface area contributed by atoms with E-state index < -0.39 is 12.1 Å². The van der Waals surface area contributed by atoms with Crippen molar-refractivity contribution in [2.75, 3.05) is 23.3 Å². The Morgan fingerprint density at radius 3 is 2.58 bits per heavy atom. The van der Waals surface area contributed by atoms with Crippen molar-refractivity contribution < 1.29 is 14.3 Å². The molecule has 0 saturated carbocycles. The predicted octanol–water partition coefficient (Wildman–Crippen LogP) is 3.40. The first-order chi connectivity index (χ1) is 12.7. The zero-order valence-corrected chi connectivity index (χ0v) is 14.6. The molecule has 0 aromatic heterocycles. The number of nitrogens with zero attached hydrogens (tertiary/aromatic N) is 1. The summed E-state index contributed by atoms with van der Waals surface area (Å²) in [6.07, 6.45) is 3.19. The quantitative estimate of drug-likeness (QED) is 0.862. The van der Waals surface area contributed by atoms with Gasteiger partial charge in [0.05, 0.1) is 16.9 Å². The summed E-state index contributed by atoms with van der Waals surface area (Å²) < 4.78 is 5.37. The number of para-hydroxylation sites is 2. The summed E-state index contributed by atoms with van der Waals surface area (Å²) in [7, 11) is 0. The Hall–Kier alpha value is -2.82. The lowest BCUT2D eigenvalue weighted by Gasteiger charge is -2.31. The van der Waals surface area contributed by atoms with Gasteiger partial charge < -0.3 is 15.0 Å². The van der Waals surface area contributed by atoms with Crippen LogP contribution in [0.1, 0.15) is 35.2 Å². The number of nitrogens with one attached hydrogen (secondary N) is 1. The molecule has 26 heavy (non-hydrogen) atoms. The van der Waals surface area contributed by atoms with Crippen molar-refractivity contribution in [3.63, 3.8) is 0 Å². The molecule has 0 radical (unpaired) electrons. The topological polar surface area (TPSA) is 58.6 Å². The molecule has 2 heterocycles. The zero-order valence-electron chi connectivity index (χ0n) is 14.6. The molecule has 1 N–H and O–H groups in total. The second-order valence-corrected chi connectivity index (χ2v) is 6.81. The van der Waals surface area contributed by atoms with Crippen LogP contribution in [0.5, 0.6) is 0 Å². The lowest BCUT2D eigenvalue weighted by atomic mass is 9.98. The van der Waals surface area contributed by atoms with Crippen molar-refractivity contribution in [1.29, 1.82) is 0 Å². The van der Waals surface area contributed by atoms with Gasteiger partial charge in [0.25, 0.3) is 5.91 Å². The van der Waals surface area contributed by atoms with Gasteiger partial charge in [0, 0.05) is 19.5 Å². The molecule has 2 aliphatic rings. The normalized spacial score (nSPS) is 19.5. The maximum atomic E-state index is 12.8. The molecule has 2 aliphatic heterocycles. The highest BCUT2D eigenvalue weighted by molar-refractivity contribution is 6.01. The number of ether oxygens (including phenoxy) is 1. The van der Waals surface area contributed by atoms with Crippen LogP contribution < -0.4 is 10.2 Å². The Morgan fingerprint density at radius 2 is 1.73 bits per heavy atom. The van der Waals surface area contributed by atoms with Crippen molar-refractivity contribution in [1.82, 2.24) is 0 Å². The first-order valence-electron chi connectivity index (χ1n) is 9.16. The Labute approximate surface area is 153 Å². The molecule has 1 fully saturated rings. The van der Waals surface area contributed by atoms with E-state index in [0.717, 1.165) is 30.0 Å². The van der Waals surface area contributed by atoms with E-state index in [1.165, 1.54) is 19.3 Å². The van der Waals surface area contributed by atoms with Crippen LogP contribution in [0.3, 0.4) is 0 Å². The van der Waals surface area contributed by atoms with E-state index in [9.17, 15) is 9.59 Å². The molecule has 2 aromatic carbocycles. The molecule has 5 heteroatoms. The minimum atomic E-state index is -0.799. The molecule has 1 saturated heterocycles. The average Bonchev–Trinajstić information content (AvgIpc) is 2.69. The van der Waals surface area contributed by atoms with Crippen LogP contribution in [-0.2, 0) is 16.0 Å². The highest BCUT2D eigenvalue weighted by Gasteiger charge is 2.31. The van der Waals surface area contributed by atoms with E-state index in [1.807, 2.05) is 36.4 Å². The minimum absolute atomic E-state index is 0.280. The summed E-state index contributed by atoms with van der Waals surface area (Å²) in [4.78, 5) is 27.2. The van der Waals surface area contributed by atoms with Gasteiger partial charge in [0.1, 0.15) is 0 Å². The summed E-state index contributed by atoms with van der Waals surface area (Å²) in [6, 6.07) is 15.1. The Balaban J connectivity index is 1.52. The molecular formula is C21H22N2O3. The monoisotopic (exact) mass is 350 g/mol. The lowest BCUT2D eigenvalue weighted by molar-refractivity contribution is -0.125. The molecule has 0 bridgehead atoms. The van der Waals surface area contributed by atoms with E-state index in [-0.39, 0.29) is 5.91 Å². The maximum absolute atomic E-state index is 12.8. The third-order valence-electron chi connectivity index (χ3n) is 5.04. The number of hydrogen-bond donors (Lipinski definition) is 1. The van der Waals surface area contributed by atoms with Crippen molar-refractivity contribution in [3.05, 3.63) is 59.7 Å². The van der Waals surface area contributed by atoms with Crippen LogP contribution in [0.4, 0.5) is 11.4 Å². The van der Waals surface area contributed by atoms with Crippen LogP contribution in [0.2, 0.25) is 0 Å². The van der Waals surface area contributed by atoms with Gasteiger partial charge in [-0.25, -0.2) is 4.79 Å². The Bertz CT molecular complexity index is 828. The highest BCUT2D eigenvalue weighted by atomic mass is 16.5. The molecule has 134 valence electrons. The van der Waals surface area contributed by atoms with E-state index in [1.54, 1.807) is 12.1 Å². The van der Waals surface area contributed by atoms with Gasteiger partial charge in [-0.1, -0.05) is 30.3 Å². The first-order valence-corrected chi connectivity index (χ1v) is 9.16. The second-order valence-electron chi connectivity index (χ2n) is 6.81.